The van der Waals surface area contributed by atoms with Gasteiger partial charge >= 0.3 is 0 Å². The predicted molar refractivity (Wildman–Crippen MR) is 127 cm³/mol. The van der Waals surface area contributed by atoms with Crippen LogP contribution in [0.4, 0.5) is 5.69 Å². The van der Waals surface area contributed by atoms with Gasteiger partial charge in [0.2, 0.25) is 0 Å². The first-order chi connectivity index (χ1) is 15.1. The van der Waals surface area contributed by atoms with Crippen LogP contribution in [0.2, 0.25) is 0 Å². The molecule has 31 heavy (non-hydrogen) atoms. The molecular weight excluding hydrogens is 388 g/mol. The highest BCUT2D eigenvalue weighted by Gasteiger charge is 2.28. The second-order valence-corrected chi connectivity index (χ2v) is 7.72. The van der Waals surface area contributed by atoms with Gasteiger partial charge in [0.15, 0.2) is 11.5 Å². The molecule has 0 unspecified atom stereocenters. The maximum absolute atomic E-state index is 12.9. The van der Waals surface area contributed by atoms with Gasteiger partial charge in [0.05, 0.1) is 30.7 Å². The Bertz CT molecular complexity index is 935. The van der Waals surface area contributed by atoms with Gasteiger partial charge in [-0.15, -0.1) is 0 Å². The molecule has 0 bridgehead atoms. The molecule has 1 heterocycles. The Labute approximate surface area is 185 Å². The molecule has 0 radical (unpaired) electrons. The second kappa shape index (κ2) is 11.3. The Balaban J connectivity index is 1.65. The number of methoxy groups -OCH3 is 1. The molecule has 0 saturated carbocycles. The van der Waals surface area contributed by atoms with Gasteiger partial charge in [-0.3, -0.25) is 4.79 Å². The van der Waals surface area contributed by atoms with E-state index in [1.165, 1.54) is 37.1 Å². The minimum absolute atomic E-state index is 0.133. The Hall–Kier alpha value is -3.08. The van der Waals surface area contributed by atoms with Crippen molar-refractivity contribution in [2.45, 2.75) is 52.4 Å². The van der Waals surface area contributed by atoms with Crippen molar-refractivity contribution in [3.63, 3.8) is 0 Å². The first-order valence-corrected chi connectivity index (χ1v) is 11.1. The number of para-hydroxylation sites is 1. The van der Waals surface area contributed by atoms with Crippen molar-refractivity contribution in [1.82, 2.24) is 0 Å². The van der Waals surface area contributed by atoms with Crippen LogP contribution in [0.1, 0.15) is 57.9 Å². The number of ether oxygens (including phenoxy) is 2. The molecule has 0 aromatic heterocycles. The number of nitrogens with zero attached hydrogens (tertiary/aromatic N) is 2. The lowest BCUT2D eigenvalue weighted by Crippen LogP contribution is -2.21. The van der Waals surface area contributed by atoms with E-state index in [4.69, 9.17) is 9.47 Å². The average molecular weight is 421 g/mol. The lowest BCUT2D eigenvalue weighted by atomic mass is 10.1. The Morgan fingerprint density at radius 1 is 0.968 bits per heavy atom. The Morgan fingerprint density at radius 3 is 2.45 bits per heavy atom. The zero-order valence-corrected chi connectivity index (χ0v) is 18.8. The van der Waals surface area contributed by atoms with Crippen molar-refractivity contribution in [1.29, 1.82) is 0 Å². The van der Waals surface area contributed by atoms with Crippen LogP contribution >= 0.6 is 0 Å². The summed E-state index contributed by atoms with van der Waals surface area (Å²) in [6.07, 6.45) is 9.20. The third-order valence-electron chi connectivity index (χ3n) is 5.32. The molecule has 2 aromatic carbocycles. The zero-order valence-electron chi connectivity index (χ0n) is 18.8. The van der Waals surface area contributed by atoms with E-state index in [1.54, 1.807) is 7.11 Å². The van der Waals surface area contributed by atoms with Crippen molar-refractivity contribution < 1.29 is 14.3 Å². The molecule has 2 aromatic rings. The van der Waals surface area contributed by atoms with Crippen LogP contribution < -0.4 is 14.5 Å². The SMILES string of the molecule is CCCCCCCCOc1ccc(/C=C2\C(=O)N(c3ccccc3)N=C2C)cc1OC. The molecule has 1 aliphatic heterocycles. The molecular formula is C26H32N2O3. The van der Waals surface area contributed by atoms with Gasteiger partial charge in [0.1, 0.15) is 0 Å². The van der Waals surface area contributed by atoms with Crippen LogP contribution in [-0.2, 0) is 4.79 Å². The number of anilines is 1. The van der Waals surface area contributed by atoms with Crippen LogP contribution in [0, 0.1) is 0 Å². The maximum atomic E-state index is 12.9. The van der Waals surface area contributed by atoms with E-state index in [1.807, 2.05) is 61.5 Å². The molecule has 0 N–H and O–H groups in total. The minimum atomic E-state index is -0.133. The highest BCUT2D eigenvalue weighted by Crippen LogP contribution is 2.31. The Kier molecular flexibility index (Phi) is 8.27. The number of carbonyl (C=O) groups is 1. The van der Waals surface area contributed by atoms with E-state index in [2.05, 4.69) is 12.0 Å². The van der Waals surface area contributed by atoms with Crippen LogP contribution in [-0.4, -0.2) is 25.3 Å². The first kappa shape index (κ1) is 22.6. The number of amides is 1. The molecule has 5 heteroatoms. The first-order valence-electron chi connectivity index (χ1n) is 11.1. The van der Waals surface area contributed by atoms with E-state index in [0.29, 0.717) is 23.6 Å². The van der Waals surface area contributed by atoms with Crippen LogP contribution in [0.3, 0.4) is 0 Å². The van der Waals surface area contributed by atoms with E-state index >= 15 is 0 Å². The van der Waals surface area contributed by atoms with Gasteiger partial charge in [-0.05, 0) is 49.2 Å². The van der Waals surface area contributed by atoms with Gasteiger partial charge in [0.25, 0.3) is 5.91 Å². The molecule has 0 fully saturated rings. The van der Waals surface area contributed by atoms with Crippen LogP contribution in [0.25, 0.3) is 6.08 Å². The molecule has 1 aliphatic rings. The second-order valence-electron chi connectivity index (χ2n) is 7.72. The van der Waals surface area contributed by atoms with E-state index < -0.39 is 0 Å². The topological polar surface area (TPSA) is 51.1 Å². The molecule has 0 saturated heterocycles. The van der Waals surface area contributed by atoms with Crippen molar-refractivity contribution in [2.75, 3.05) is 18.7 Å². The monoisotopic (exact) mass is 420 g/mol. The summed E-state index contributed by atoms with van der Waals surface area (Å²) in [7, 11) is 1.63. The Morgan fingerprint density at radius 2 is 1.71 bits per heavy atom. The van der Waals surface area contributed by atoms with E-state index in [-0.39, 0.29) is 5.91 Å². The smallest absolute Gasteiger partial charge is 0.280 e. The van der Waals surface area contributed by atoms with Crippen molar-refractivity contribution >= 4 is 23.4 Å². The minimum Gasteiger partial charge on any atom is -0.493 e. The van der Waals surface area contributed by atoms with Crippen LogP contribution in [0.15, 0.2) is 59.2 Å². The third kappa shape index (κ3) is 5.97. The number of carbonyl (C=O) groups excluding carboxylic acids is 1. The molecule has 5 nitrogen and oxygen atoms in total. The normalized spacial score (nSPS) is 14.8. The summed E-state index contributed by atoms with van der Waals surface area (Å²) in [4.78, 5) is 12.9. The molecule has 0 atom stereocenters. The van der Waals surface area contributed by atoms with E-state index in [9.17, 15) is 4.79 Å². The van der Waals surface area contributed by atoms with E-state index in [0.717, 1.165) is 23.4 Å². The van der Waals surface area contributed by atoms with Gasteiger partial charge in [-0.1, -0.05) is 63.3 Å². The lowest BCUT2D eigenvalue weighted by Gasteiger charge is -2.12. The summed E-state index contributed by atoms with van der Waals surface area (Å²) in [6.45, 7) is 4.76. The average Bonchev–Trinajstić information content (AvgIpc) is 3.08. The number of rotatable bonds is 11. The van der Waals surface area contributed by atoms with Gasteiger partial charge < -0.3 is 9.47 Å². The molecule has 0 spiro atoms. The van der Waals surface area contributed by atoms with Gasteiger partial charge in [-0.2, -0.15) is 10.1 Å². The molecule has 1 amide bonds. The van der Waals surface area contributed by atoms with Crippen molar-refractivity contribution in [3.8, 4) is 11.5 Å². The fourth-order valence-corrected chi connectivity index (χ4v) is 3.55. The standard InChI is InChI=1S/C26H32N2O3/c1-4-5-6-7-8-12-17-31-24-16-15-21(19-25(24)30-3)18-23-20(2)27-28(26(23)29)22-13-10-9-11-14-22/h9-11,13-16,18-19H,4-8,12,17H2,1-3H3/b23-18-. The maximum Gasteiger partial charge on any atom is 0.280 e. The summed E-state index contributed by atoms with van der Waals surface area (Å²) >= 11 is 0. The number of hydrazone groups is 1. The quantitative estimate of drug-likeness (QED) is 0.319. The summed E-state index contributed by atoms with van der Waals surface area (Å²) in [5, 5.41) is 5.87. The fraction of sp³-hybridized carbons (Fsp3) is 0.385. The van der Waals surface area contributed by atoms with Gasteiger partial charge in [0, 0.05) is 0 Å². The van der Waals surface area contributed by atoms with Crippen molar-refractivity contribution in [2.24, 2.45) is 5.10 Å². The summed E-state index contributed by atoms with van der Waals surface area (Å²) < 4.78 is 11.5. The zero-order chi connectivity index (χ0) is 22.1. The highest BCUT2D eigenvalue weighted by atomic mass is 16.5. The number of hydrogen-bond acceptors (Lipinski definition) is 4. The summed E-state index contributed by atoms with van der Waals surface area (Å²) in [5.41, 5.74) is 2.89. The predicted octanol–water partition coefficient (Wildman–Crippen LogP) is 6.24. The lowest BCUT2D eigenvalue weighted by molar-refractivity contribution is -0.114. The summed E-state index contributed by atoms with van der Waals surface area (Å²) in [6, 6.07) is 15.2. The molecule has 0 aliphatic carbocycles. The number of hydrogen-bond donors (Lipinski definition) is 0. The fourth-order valence-electron chi connectivity index (χ4n) is 3.55. The largest absolute Gasteiger partial charge is 0.493 e. The molecule has 164 valence electrons. The van der Waals surface area contributed by atoms with Crippen LogP contribution in [0.5, 0.6) is 11.5 Å². The number of benzene rings is 2. The third-order valence-corrected chi connectivity index (χ3v) is 5.32. The highest BCUT2D eigenvalue weighted by molar-refractivity contribution is 6.32. The summed E-state index contributed by atoms with van der Waals surface area (Å²) in [5.74, 6) is 1.26. The molecule has 3 rings (SSSR count). The van der Waals surface area contributed by atoms with Crippen molar-refractivity contribution in [3.05, 3.63) is 59.7 Å². The number of unbranched alkanes of at least 4 members (excludes halogenated alkanes) is 5. The van der Waals surface area contributed by atoms with Gasteiger partial charge in [-0.25, -0.2) is 0 Å².